The normalized spacial score (nSPS) is 18.2. The fourth-order valence-corrected chi connectivity index (χ4v) is 6.16. The highest BCUT2D eigenvalue weighted by Crippen LogP contribution is 2.29. The summed E-state index contributed by atoms with van der Waals surface area (Å²) in [5, 5.41) is 3.05. The fourth-order valence-electron chi connectivity index (χ4n) is 4.06. The summed E-state index contributed by atoms with van der Waals surface area (Å²) in [4.78, 5) is 14.9. The van der Waals surface area contributed by atoms with E-state index in [1.54, 1.807) is 13.2 Å². The Hall–Kier alpha value is -2.13. The van der Waals surface area contributed by atoms with Crippen molar-refractivity contribution in [1.82, 2.24) is 14.5 Å². The molecule has 2 atom stereocenters. The average Bonchev–Trinajstić information content (AvgIpc) is 2.79. The van der Waals surface area contributed by atoms with Crippen LogP contribution in [0.2, 0.25) is 5.02 Å². The number of likely N-dealkylation sites (N-methyl/N-ethyl adjacent to an activating group) is 1. The van der Waals surface area contributed by atoms with Crippen LogP contribution < -0.4 is 10.1 Å². The molecule has 33 heavy (non-hydrogen) atoms. The van der Waals surface area contributed by atoms with Gasteiger partial charge in [0.25, 0.3) is 5.91 Å². The minimum Gasteiger partial charge on any atom is -0.497 e. The molecule has 1 aliphatic rings. The van der Waals surface area contributed by atoms with Gasteiger partial charge in [0.15, 0.2) is 0 Å². The minimum atomic E-state index is -3.77. The van der Waals surface area contributed by atoms with Gasteiger partial charge in [-0.05, 0) is 68.8 Å². The number of methoxy groups -OCH3 is 1. The van der Waals surface area contributed by atoms with Gasteiger partial charge >= 0.3 is 0 Å². The van der Waals surface area contributed by atoms with Gasteiger partial charge in [0.1, 0.15) is 10.6 Å². The van der Waals surface area contributed by atoms with Crippen molar-refractivity contribution in [3.05, 3.63) is 58.6 Å². The van der Waals surface area contributed by atoms with E-state index in [-0.39, 0.29) is 27.4 Å². The van der Waals surface area contributed by atoms with E-state index in [1.165, 1.54) is 16.4 Å². The van der Waals surface area contributed by atoms with Crippen molar-refractivity contribution in [2.75, 3.05) is 40.8 Å². The maximum Gasteiger partial charge on any atom is 0.251 e. The Morgan fingerprint density at radius 1 is 1.24 bits per heavy atom. The van der Waals surface area contributed by atoms with Crippen molar-refractivity contribution in [3.8, 4) is 5.75 Å². The van der Waals surface area contributed by atoms with E-state index in [9.17, 15) is 13.2 Å². The lowest BCUT2D eigenvalue weighted by atomic mass is 10.0. The van der Waals surface area contributed by atoms with Crippen molar-refractivity contribution in [2.45, 2.75) is 30.7 Å². The molecule has 1 aliphatic heterocycles. The SMILES string of the molecule is COc1ccc([C@@H](CNC(=O)c2ccc(Cl)c(S(=O)(=O)N3CCC[C@H](C)C3)c2)N(C)C)cc1. The first-order valence-corrected chi connectivity index (χ1v) is 12.8. The molecule has 1 amide bonds. The Kier molecular flexibility index (Phi) is 8.39. The molecule has 0 aromatic heterocycles. The predicted molar refractivity (Wildman–Crippen MR) is 130 cm³/mol. The molecule has 7 nitrogen and oxygen atoms in total. The lowest BCUT2D eigenvalue weighted by Crippen LogP contribution is -2.39. The summed E-state index contributed by atoms with van der Waals surface area (Å²) in [5.74, 6) is 0.702. The van der Waals surface area contributed by atoms with Gasteiger partial charge < -0.3 is 15.0 Å². The number of hydrogen-bond donors (Lipinski definition) is 1. The zero-order chi connectivity index (χ0) is 24.2. The fraction of sp³-hybridized carbons (Fsp3) is 0.458. The Balaban J connectivity index is 1.77. The second-order valence-electron chi connectivity index (χ2n) is 8.72. The average molecular weight is 494 g/mol. The van der Waals surface area contributed by atoms with E-state index in [1.807, 2.05) is 50.2 Å². The molecule has 2 aromatic carbocycles. The number of nitrogens with one attached hydrogen (secondary N) is 1. The van der Waals surface area contributed by atoms with E-state index >= 15 is 0 Å². The summed E-state index contributed by atoms with van der Waals surface area (Å²) in [5.41, 5.74) is 1.29. The predicted octanol–water partition coefficient (Wildman–Crippen LogP) is 3.80. The molecule has 0 unspecified atom stereocenters. The molecule has 2 aromatic rings. The third kappa shape index (κ3) is 6.06. The Bertz CT molecular complexity index is 1070. The van der Waals surface area contributed by atoms with Gasteiger partial charge in [0, 0.05) is 25.2 Å². The molecule has 0 aliphatic carbocycles. The zero-order valence-electron chi connectivity index (χ0n) is 19.5. The van der Waals surface area contributed by atoms with Crippen LogP contribution >= 0.6 is 11.6 Å². The standard InChI is InChI=1S/C24H32ClN3O4S/c1-17-6-5-13-28(16-17)33(30,31)23-14-19(9-12-21(23)25)24(29)26-15-22(27(2)3)18-7-10-20(32-4)11-8-18/h7-12,14,17,22H,5-6,13,15-16H2,1-4H3,(H,26,29)/t17-,22+/m0/s1. The van der Waals surface area contributed by atoms with Crippen LogP contribution in [0.5, 0.6) is 5.75 Å². The highest BCUT2D eigenvalue weighted by atomic mass is 35.5. The Morgan fingerprint density at radius 2 is 1.94 bits per heavy atom. The number of amides is 1. The number of ether oxygens (including phenoxy) is 1. The lowest BCUT2D eigenvalue weighted by molar-refractivity contribution is 0.0941. The summed E-state index contributed by atoms with van der Waals surface area (Å²) >= 11 is 6.26. The van der Waals surface area contributed by atoms with Crippen LogP contribution in [0.1, 0.15) is 41.7 Å². The van der Waals surface area contributed by atoms with Gasteiger partial charge in [-0.15, -0.1) is 0 Å². The van der Waals surface area contributed by atoms with E-state index in [0.29, 0.717) is 25.6 Å². The van der Waals surface area contributed by atoms with Gasteiger partial charge in [-0.25, -0.2) is 8.42 Å². The van der Waals surface area contributed by atoms with Crippen molar-refractivity contribution >= 4 is 27.5 Å². The van der Waals surface area contributed by atoms with E-state index in [2.05, 4.69) is 5.32 Å². The number of halogens is 1. The highest BCUT2D eigenvalue weighted by Gasteiger charge is 2.31. The Morgan fingerprint density at radius 3 is 2.55 bits per heavy atom. The molecule has 0 radical (unpaired) electrons. The van der Waals surface area contributed by atoms with Gasteiger partial charge in [0.2, 0.25) is 10.0 Å². The first kappa shape index (κ1) is 25.5. The van der Waals surface area contributed by atoms with Crippen LogP contribution in [0.4, 0.5) is 0 Å². The molecular weight excluding hydrogens is 462 g/mol. The second-order valence-corrected chi connectivity index (χ2v) is 11.0. The summed E-state index contributed by atoms with van der Waals surface area (Å²) < 4.78 is 33.1. The van der Waals surface area contributed by atoms with E-state index in [0.717, 1.165) is 24.2 Å². The summed E-state index contributed by atoms with van der Waals surface area (Å²) in [7, 11) is 1.72. The maximum atomic E-state index is 13.2. The number of carbonyl (C=O) groups excluding carboxylic acids is 1. The van der Waals surface area contributed by atoms with Gasteiger partial charge in [-0.1, -0.05) is 30.7 Å². The third-order valence-electron chi connectivity index (χ3n) is 6.01. The molecule has 0 saturated carbocycles. The molecule has 3 rings (SSSR count). The summed E-state index contributed by atoms with van der Waals surface area (Å²) in [6.45, 7) is 3.32. The molecule has 9 heteroatoms. The lowest BCUT2D eigenvalue weighted by Gasteiger charge is -2.30. The number of rotatable bonds is 8. The number of sulfonamides is 1. The van der Waals surface area contributed by atoms with E-state index < -0.39 is 10.0 Å². The highest BCUT2D eigenvalue weighted by molar-refractivity contribution is 7.89. The first-order valence-electron chi connectivity index (χ1n) is 11.0. The third-order valence-corrected chi connectivity index (χ3v) is 8.36. The number of nitrogens with zero attached hydrogens (tertiary/aromatic N) is 2. The largest absolute Gasteiger partial charge is 0.497 e. The first-order chi connectivity index (χ1) is 15.6. The van der Waals surface area contributed by atoms with Crippen LogP contribution in [0.25, 0.3) is 0 Å². The smallest absolute Gasteiger partial charge is 0.251 e. The Labute approximate surface area is 201 Å². The molecule has 0 bridgehead atoms. The molecule has 1 heterocycles. The van der Waals surface area contributed by atoms with Gasteiger partial charge in [-0.2, -0.15) is 4.31 Å². The van der Waals surface area contributed by atoms with Crippen LogP contribution in [-0.4, -0.2) is 64.4 Å². The van der Waals surface area contributed by atoms with Crippen LogP contribution in [0, 0.1) is 5.92 Å². The molecule has 1 saturated heterocycles. The molecule has 180 valence electrons. The van der Waals surface area contributed by atoms with Crippen LogP contribution in [-0.2, 0) is 10.0 Å². The number of benzene rings is 2. The van der Waals surface area contributed by atoms with Crippen molar-refractivity contribution in [3.63, 3.8) is 0 Å². The number of piperidine rings is 1. The molecule has 1 fully saturated rings. The summed E-state index contributed by atoms with van der Waals surface area (Å²) in [6.07, 6.45) is 1.82. The minimum absolute atomic E-state index is 0.0229. The molecule has 1 N–H and O–H groups in total. The monoisotopic (exact) mass is 493 g/mol. The molecular formula is C24H32ClN3O4S. The summed E-state index contributed by atoms with van der Waals surface area (Å²) in [6, 6.07) is 12.0. The van der Waals surface area contributed by atoms with Crippen LogP contribution in [0.3, 0.4) is 0 Å². The topological polar surface area (TPSA) is 78.9 Å². The van der Waals surface area contributed by atoms with Crippen molar-refractivity contribution < 1.29 is 17.9 Å². The molecule has 0 spiro atoms. The van der Waals surface area contributed by atoms with Gasteiger partial charge in [0.05, 0.1) is 18.2 Å². The quantitative estimate of drug-likeness (QED) is 0.605. The zero-order valence-corrected chi connectivity index (χ0v) is 21.1. The second kappa shape index (κ2) is 10.9. The van der Waals surface area contributed by atoms with Crippen molar-refractivity contribution in [2.24, 2.45) is 5.92 Å². The van der Waals surface area contributed by atoms with Gasteiger partial charge in [-0.3, -0.25) is 4.79 Å². The van der Waals surface area contributed by atoms with E-state index in [4.69, 9.17) is 16.3 Å². The number of carbonyl (C=O) groups is 1. The number of hydrogen-bond acceptors (Lipinski definition) is 5. The maximum absolute atomic E-state index is 13.2. The van der Waals surface area contributed by atoms with Crippen LogP contribution in [0.15, 0.2) is 47.4 Å². The van der Waals surface area contributed by atoms with Crippen molar-refractivity contribution in [1.29, 1.82) is 0 Å².